The van der Waals surface area contributed by atoms with Crippen LogP contribution in [0.15, 0.2) is 42.5 Å². The van der Waals surface area contributed by atoms with E-state index in [4.69, 9.17) is 10.6 Å². The molecule has 0 radical (unpaired) electrons. The van der Waals surface area contributed by atoms with Gasteiger partial charge in [-0.3, -0.25) is 5.84 Å². The molecule has 3 N–H and O–H groups in total. The van der Waals surface area contributed by atoms with Gasteiger partial charge in [-0.2, -0.15) is 0 Å². The van der Waals surface area contributed by atoms with Gasteiger partial charge < -0.3 is 4.74 Å². The molecule has 2 rings (SSSR count). The molecule has 0 aliphatic rings. The molecule has 0 aliphatic heterocycles. The van der Waals surface area contributed by atoms with Crippen LogP contribution in [0.2, 0.25) is 0 Å². The van der Waals surface area contributed by atoms with E-state index in [1.54, 1.807) is 0 Å². The number of hydrogen-bond acceptors (Lipinski definition) is 3. The molecule has 1 unspecified atom stereocenters. The number of nitrogens with two attached hydrogens (primary N) is 1. The Balaban J connectivity index is 2.41. The summed E-state index contributed by atoms with van der Waals surface area (Å²) in [6.45, 7) is 2.56. The lowest BCUT2D eigenvalue weighted by atomic mass is 9.98. The van der Waals surface area contributed by atoms with Crippen LogP contribution in [0.1, 0.15) is 30.5 Å². The second kappa shape index (κ2) is 7.15. The van der Waals surface area contributed by atoms with Crippen LogP contribution in [0.4, 0.5) is 8.78 Å². The summed E-state index contributed by atoms with van der Waals surface area (Å²) in [4.78, 5) is 0. The molecular formula is C16H18F2N2O. The molecule has 3 nitrogen and oxygen atoms in total. The highest BCUT2D eigenvalue weighted by Crippen LogP contribution is 2.30. The van der Waals surface area contributed by atoms with Crippen LogP contribution in [-0.4, -0.2) is 6.61 Å². The quantitative estimate of drug-likeness (QED) is 0.634. The highest BCUT2D eigenvalue weighted by molar-refractivity contribution is 5.41. The van der Waals surface area contributed by atoms with Crippen molar-refractivity contribution in [3.05, 3.63) is 65.2 Å². The SMILES string of the molecule is CCCOc1ccccc1C(NN)c1cc(F)cc(F)c1. The van der Waals surface area contributed by atoms with E-state index in [1.807, 2.05) is 31.2 Å². The molecule has 5 heteroatoms. The first-order chi connectivity index (χ1) is 10.2. The van der Waals surface area contributed by atoms with E-state index in [0.717, 1.165) is 18.1 Å². The molecule has 2 aromatic rings. The van der Waals surface area contributed by atoms with E-state index >= 15 is 0 Å². The summed E-state index contributed by atoms with van der Waals surface area (Å²) in [5, 5.41) is 0. The minimum Gasteiger partial charge on any atom is -0.493 e. The summed E-state index contributed by atoms with van der Waals surface area (Å²) in [7, 11) is 0. The minimum atomic E-state index is -0.641. The number of hydrogen-bond donors (Lipinski definition) is 2. The second-order valence-corrected chi connectivity index (χ2v) is 4.69. The van der Waals surface area contributed by atoms with E-state index in [2.05, 4.69) is 5.43 Å². The van der Waals surface area contributed by atoms with Crippen molar-refractivity contribution in [2.24, 2.45) is 5.84 Å². The third-order valence-electron chi connectivity index (χ3n) is 3.08. The van der Waals surface area contributed by atoms with Crippen molar-refractivity contribution < 1.29 is 13.5 Å². The summed E-state index contributed by atoms with van der Waals surface area (Å²) in [6.07, 6.45) is 0.865. The van der Waals surface area contributed by atoms with Gasteiger partial charge in [0.25, 0.3) is 0 Å². The lowest BCUT2D eigenvalue weighted by molar-refractivity contribution is 0.311. The molecule has 0 bridgehead atoms. The molecule has 21 heavy (non-hydrogen) atoms. The van der Waals surface area contributed by atoms with Crippen LogP contribution in [-0.2, 0) is 0 Å². The predicted octanol–water partition coefficient (Wildman–Crippen LogP) is 3.31. The monoisotopic (exact) mass is 292 g/mol. The maximum atomic E-state index is 13.4. The fraction of sp³-hybridized carbons (Fsp3) is 0.250. The molecule has 112 valence electrons. The Morgan fingerprint density at radius 3 is 2.43 bits per heavy atom. The average molecular weight is 292 g/mol. The van der Waals surface area contributed by atoms with Crippen LogP contribution >= 0.6 is 0 Å². The summed E-state index contributed by atoms with van der Waals surface area (Å²) in [5.74, 6) is 4.95. The van der Waals surface area contributed by atoms with Gasteiger partial charge in [-0.1, -0.05) is 25.1 Å². The number of halogens is 2. The third kappa shape index (κ3) is 3.77. The minimum absolute atomic E-state index is 0.405. The van der Waals surface area contributed by atoms with Crippen LogP contribution < -0.4 is 16.0 Å². The zero-order valence-electron chi connectivity index (χ0n) is 11.8. The second-order valence-electron chi connectivity index (χ2n) is 4.69. The van der Waals surface area contributed by atoms with Gasteiger partial charge in [0, 0.05) is 11.6 Å². The molecule has 0 saturated heterocycles. The first-order valence-corrected chi connectivity index (χ1v) is 6.79. The molecule has 0 amide bonds. The van der Waals surface area contributed by atoms with Crippen LogP contribution in [0, 0.1) is 11.6 Å². The zero-order valence-corrected chi connectivity index (χ0v) is 11.8. The van der Waals surface area contributed by atoms with E-state index < -0.39 is 17.7 Å². The molecule has 0 aliphatic carbocycles. The lowest BCUT2D eigenvalue weighted by Crippen LogP contribution is -2.29. The Kier molecular flexibility index (Phi) is 5.25. The number of rotatable bonds is 6. The fourth-order valence-corrected chi connectivity index (χ4v) is 2.17. The maximum Gasteiger partial charge on any atom is 0.126 e. The summed E-state index contributed by atoms with van der Waals surface area (Å²) in [6, 6.07) is 10.1. The van der Waals surface area contributed by atoms with Crippen LogP contribution in [0.5, 0.6) is 5.75 Å². The Bertz CT molecular complexity index is 584. The van der Waals surface area contributed by atoms with Gasteiger partial charge >= 0.3 is 0 Å². The van der Waals surface area contributed by atoms with Crippen molar-refractivity contribution >= 4 is 0 Å². The molecule has 0 fully saturated rings. The van der Waals surface area contributed by atoms with Gasteiger partial charge in [0.1, 0.15) is 17.4 Å². The van der Waals surface area contributed by atoms with Gasteiger partial charge in [0.05, 0.1) is 12.6 Å². The van der Waals surface area contributed by atoms with Crippen LogP contribution in [0.3, 0.4) is 0 Å². The van der Waals surface area contributed by atoms with Crippen molar-refractivity contribution in [3.8, 4) is 5.75 Å². The first-order valence-electron chi connectivity index (χ1n) is 6.79. The molecular weight excluding hydrogens is 274 g/mol. The van der Waals surface area contributed by atoms with E-state index in [1.165, 1.54) is 12.1 Å². The van der Waals surface area contributed by atoms with Crippen molar-refractivity contribution in [2.45, 2.75) is 19.4 Å². The summed E-state index contributed by atoms with van der Waals surface area (Å²) >= 11 is 0. The Hall–Kier alpha value is -1.98. The molecule has 0 spiro atoms. The maximum absolute atomic E-state index is 13.4. The average Bonchev–Trinajstić information content (AvgIpc) is 2.46. The standard InChI is InChI=1S/C16H18F2N2O/c1-2-7-21-15-6-4-3-5-14(15)16(20-19)11-8-12(17)10-13(18)9-11/h3-6,8-10,16,20H,2,7,19H2,1H3. The Morgan fingerprint density at radius 2 is 1.81 bits per heavy atom. The molecule has 0 saturated carbocycles. The highest BCUT2D eigenvalue weighted by Gasteiger charge is 2.18. The van der Waals surface area contributed by atoms with E-state index in [-0.39, 0.29) is 0 Å². The highest BCUT2D eigenvalue weighted by atomic mass is 19.1. The number of nitrogens with one attached hydrogen (secondary N) is 1. The van der Waals surface area contributed by atoms with Crippen LogP contribution in [0.25, 0.3) is 0 Å². The summed E-state index contributed by atoms with van der Waals surface area (Å²) < 4.78 is 32.5. The number of ether oxygens (including phenoxy) is 1. The molecule has 0 aromatic heterocycles. The van der Waals surface area contributed by atoms with Crippen molar-refractivity contribution in [1.29, 1.82) is 0 Å². The number of para-hydroxylation sites is 1. The van der Waals surface area contributed by atoms with E-state index in [0.29, 0.717) is 17.9 Å². The van der Waals surface area contributed by atoms with Gasteiger partial charge in [-0.25, -0.2) is 14.2 Å². The molecule has 2 aromatic carbocycles. The number of hydrazine groups is 1. The van der Waals surface area contributed by atoms with Gasteiger partial charge in [0.15, 0.2) is 0 Å². The third-order valence-corrected chi connectivity index (χ3v) is 3.08. The Labute approximate surface area is 122 Å². The van der Waals surface area contributed by atoms with Gasteiger partial charge in [-0.05, 0) is 30.2 Å². The topological polar surface area (TPSA) is 47.3 Å². The van der Waals surface area contributed by atoms with E-state index in [9.17, 15) is 8.78 Å². The Morgan fingerprint density at radius 1 is 1.14 bits per heavy atom. The first kappa shape index (κ1) is 15.4. The largest absolute Gasteiger partial charge is 0.493 e. The van der Waals surface area contributed by atoms with Crippen molar-refractivity contribution in [2.75, 3.05) is 6.61 Å². The molecule has 0 heterocycles. The normalized spacial score (nSPS) is 12.2. The van der Waals surface area contributed by atoms with Gasteiger partial charge in [-0.15, -0.1) is 0 Å². The summed E-state index contributed by atoms with van der Waals surface area (Å²) in [5.41, 5.74) is 3.73. The van der Waals surface area contributed by atoms with Crippen molar-refractivity contribution in [1.82, 2.24) is 5.43 Å². The fourth-order valence-electron chi connectivity index (χ4n) is 2.17. The van der Waals surface area contributed by atoms with Crippen molar-refractivity contribution in [3.63, 3.8) is 0 Å². The smallest absolute Gasteiger partial charge is 0.126 e. The zero-order chi connectivity index (χ0) is 15.2. The lowest BCUT2D eigenvalue weighted by Gasteiger charge is -2.20. The molecule has 1 atom stereocenters. The van der Waals surface area contributed by atoms with Gasteiger partial charge in [0.2, 0.25) is 0 Å². The number of benzene rings is 2. The predicted molar refractivity (Wildman–Crippen MR) is 77.8 cm³/mol.